The van der Waals surface area contributed by atoms with E-state index in [0.717, 1.165) is 31.7 Å². The van der Waals surface area contributed by atoms with Gasteiger partial charge in [-0.25, -0.2) is 13.2 Å². The van der Waals surface area contributed by atoms with Crippen LogP contribution in [-0.4, -0.2) is 10.1 Å². The zero-order valence-corrected chi connectivity index (χ0v) is 21.2. The van der Waals surface area contributed by atoms with Gasteiger partial charge in [0.2, 0.25) is 0 Å². The largest absolute Gasteiger partial charge is 0.419 e. The Labute approximate surface area is 217 Å². The Kier molecular flexibility index (Phi) is 6.83. The molecule has 2 atom stereocenters. The molecule has 3 aromatic rings. The summed E-state index contributed by atoms with van der Waals surface area (Å²) in [5.74, 6) is -2.09. The lowest BCUT2D eigenvalue weighted by Crippen LogP contribution is -2.29. The van der Waals surface area contributed by atoms with Crippen LogP contribution in [-0.2, 0) is 12.6 Å². The van der Waals surface area contributed by atoms with Crippen LogP contribution in [0, 0.1) is 17.0 Å². The van der Waals surface area contributed by atoms with Gasteiger partial charge in [-0.1, -0.05) is 44.9 Å². The van der Waals surface area contributed by atoms with E-state index >= 15 is 4.39 Å². The van der Waals surface area contributed by atoms with Gasteiger partial charge in [0.05, 0.1) is 17.4 Å². The third-order valence-electron chi connectivity index (χ3n) is 7.82. The average Bonchev–Trinajstić information content (AvgIpc) is 3.37. The lowest BCUT2D eigenvalue weighted by atomic mass is 9.71. The average molecular weight is 534 g/mol. The van der Waals surface area contributed by atoms with Crippen molar-refractivity contribution in [3.8, 4) is 11.1 Å². The lowest BCUT2D eigenvalue weighted by molar-refractivity contribution is -0.140. The van der Waals surface area contributed by atoms with E-state index in [1.54, 1.807) is 0 Å². The number of hydrogen-bond donors (Lipinski definition) is 1. The fourth-order valence-corrected chi connectivity index (χ4v) is 6.11. The number of aliphatic hydroxyl groups excluding tert-OH is 1. The van der Waals surface area contributed by atoms with Gasteiger partial charge in [-0.2, -0.15) is 13.2 Å². The van der Waals surface area contributed by atoms with Crippen LogP contribution in [0.15, 0.2) is 42.5 Å². The van der Waals surface area contributed by atoms with Crippen molar-refractivity contribution in [2.75, 3.05) is 0 Å². The van der Waals surface area contributed by atoms with Crippen LogP contribution in [0.4, 0.5) is 26.3 Å². The van der Waals surface area contributed by atoms with E-state index in [2.05, 4.69) is 0 Å². The minimum atomic E-state index is -5.00. The van der Waals surface area contributed by atoms with E-state index in [1.165, 1.54) is 24.3 Å². The third kappa shape index (κ3) is 4.95. The van der Waals surface area contributed by atoms with Crippen LogP contribution < -0.4 is 0 Å². The molecule has 202 valence electrons. The summed E-state index contributed by atoms with van der Waals surface area (Å²) in [4.78, 5) is 4.91. The fraction of sp³-hybridized carbons (Fsp3) is 0.433. The van der Waals surface area contributed by atoms with Gasteiger partial charge in [-0.3, -0.25) is 4.98 Å². The molecule has 0 radical (unpaired) electrons. The van der Waals surface area contributed by atoms with Crippen molar-refractivity contribution >= 4 is 0 Å². The molecule has 2 unspecified atom stereocenters. The summed E-state index contributed by atoms with van der Waals surface area (Å²) in [5, 5.41) is 11.3. The van der Waals surface area contributed by atoms with Crippen LogP contribution in [0.25, 0.3) is 11.1 Å². The Morgan fingerprint density at radius 3 is 2.29 bits per heavy atom. The Morgan fingerprint density at radius 1 is 1.00 bits per heavy atom. The van der Waals surface area contributed by atoms with Crippen LogP contribution in [0.1, 0.15) is 97.8 Å². The van der Waals surface area contributed by atoms with Crippen LogP contribution in [0.3, 0.4) is 0 Å². The molecule has 38 heavy (non-hydrogen) atoms. The summed E-state index contributed by atoms with van der Waals surface area (Å²) in [5.41, 5.74) is 0.182. The first-order valence-electron chi connectivity index (χ1n) is 12.9. The van der Waals surface area contributed by atoms with E-state index in [1.807, 2.05) is 13.8 Å². The summed E-state index contributed by atoms with van der Waals surface area (Å²) >= 11 is 0. The summed E-state index contributed by atoms with van der Waals surface area (Å²) in [7, 11) is 0. The predicted molar refractivity (Wildman–Crippen MR) is 132 cm³/mol. The number of halogens is 6. The molecule has 2 nitrogen and oxygen atoms in total. The number of rotatable bonds is 4. The lowest BCUT2D eigenvalue weighted by Gasteiger charge is -2.37. The van der Waals surface area contributed by atoms with Gasteiger partial charge in [-0.05, 0) is 72.1 Å². The molecule has 1 saturated carbocycles. The van der Waals surface area contributed by atoms with Gasteiger partial charge < -0.3 is 5.11 Å². The standard InChI is InChI=1S/C30H29F6NO/c1-29(2)14-22-25(23(38)15-29)24(16-7-10-19(31)11-8-16)26(28(37-22)17-5-3-4-6-17)27(33)18-9-12-21(32)20(13-18)30(34,35)36/h7-13,17,23,27,38H,3-6,14-15H2,1-2H3. The topological polar surface area (TPSA) is 33.1 Å². The second-order valence-corrected chi connectivity index (χ2v) is 11.3. The van der Waals surface area contributed by atoms with E-state index in [4.69, 9.17) is 4.98 Å². The van der Waals surface area contributed by atoms with Gasteiger partial charge in [0.1, 0.15) is 11.6 Å². The van der Waals surface area contributed by atoms with Gasteiger partial charge >= 0.3 is 6.18 Å². The Hall–Kier alpha value is -2.87. The number of aromatic nitrogens is 1. The highest BCUT2D eigenvalue weighted by Crippen LogP contribution is 2.51. The first kappa shape index (κ1) is 26.7. The quantitative estimate of drug-likeness (QED) is 0.340. The first-order chi connectivity index (χ1) is 17.9. The third-order valence-corrected chi connectivity index (χ3v) is 7.82. The normalized spacial score (nSPS) is 20.4. The molecule has 2 aliphatic carbocycles. The van der Waals surface area contributed by atoms with E-state index < -0.39 is 35.6 Å². The molecule has 0 bridgehead atoms. The maximum atomic E-state index is 16.7. The number of nitrogens with zero attached hydrogens (tertiary/aromatic N) is 1. The molecule has 5 rings (SSSR count). The van der Waals surface area contributed by atoms with Crippen molar-refractivity contribution < 1.29 is 31.4 Å². The Balaban J connectivity index is 1.82. The van der Waals surface area contributed by atoms with Gasteiger partial charge in [-0.15, -0.1) is 0 Å². The molecule has 0 amide bonds. The highest BCUT2D eigenvalue weighted by atomic mass is 19.4. The van der Waals surface area contributed by atoms with Crippen molar-refractivity contribution in [2.45, 2.75) is 76.7 Å². The van der Waals surface area contributed by atoms with Crippen LogP contribution >= 0.6 is 0 Å². The van der Waals surface area contributed by atoms with Crippen LogP contribution in [0.2, 0.25) is 0 Å². The van der Waals surface area contributed by atoms with Gasteiger partial charge in [0.15, 0.2) is 6.17 Å². The van der Waals surface area contributed by atoms with Crippen LogP contribution in [0.5, 0.6) is 0 Å². The number of aliphatic hydroxyl groups is 1. The molecule has 0 saturated heterocycles. The fourth-order valence-electron chi connectivity index (χ4n) is 6.11. The minimum absolute atomic E-state index is 0.0701. The highest BCUT2D eigenvalue weighted by molar-refractivity contribution is 5.75. The molecule has 0 spiro atoms. The molecular formula is C30H29F6NO. The molecule has 1 heterocycles. The molecule has 1 aromatic heterocycles. The Bertz CT molecular complexity index is 1340. The van der Waals surface area contributed by atoms with Crippen molar-refractivity contribution in [2.24, 2.45) is 5.41 Å². The van der Waals surface area contributed by atoms with E-state index in [-0.39, 0.29) is 22.5 Å². The number of alkyl halides is 4. The molecule has 8 heteroatoms. The smallest absolute Gasteiger partial charge is 0.388 e. The highest BCUT2D eigenvalue weighted by Gasteiger charge is 2.40. The molecular weight excluding hydrogens is 504 g/mol. The molecule has 1 N–H and O–H groups in total. The molecule has 1 fully saturated rings. The second-order valence-electron chi connectivity index (χ2n) is 11.3. The number of pyridine rings is 1. The summed E-state index contributed by atoms with van der Waals surface area (Å²) in [6.45, 7) is 4.02. The first-order valence-corrected chi connectivity index (χ1v) is 12.9. The minimum Gasteiger partial charge on any atom is -0.388 e. The van der Waals surface area contributed by atoms with E-state index in [0.29, 0.717) is 53.1 Å². The van der Waals surface area contributed by atoms with Gasteiger partial charge in [0.25, 0.3) is 0 Å². The number of hydrogen-bond acceptors (Lipinski definition) is 2. The Morgan fingerprint density at radius 2 is 1.66 bits per heavy atom. The maximum Gasteiger partial charge on any atom is 0.419 e. The van der Waals surface area contributed by atoms with Crippen molar-refractivity contribution in [1.82, 2.24) is 4.98 Å². The zero-order valence-electron chi connectivity index (χ0n) is 21.2. The number of fused-ring (bicyclic) bond motifs is 1. The molecule has 2 aromatic carbocycles. The summed E-state index contributed by atoms with van der Waals surface area (Å²) < 4.78 is 85.1. The second kappa shape index (κ2) is 9.70. The predicted octanol–water partition coefficient (Wildman–Crippen LogP) is 8.77. The number of benzene rings is 2. The molecule has 0 aliphatic heterocycles. The monoisotopic (exact) mass is 533 g/mol. The van der Waals surface area contributed by atoms with Crippen molar-refractivity contribution in [1.29, 1.82) is 0 Å². The van der Waals surface area contributed by atoms with E-state index in [9.17, 15) is 27.1 Å². The van der Waals surface area contributed by atoms with Gasteiger partial charge in [0, 0.05) is 22.7 Å². The molecule has 2 aliphatic rings. The van der Waals surface area contributed by atoms with Crippen molar-refractivity contribution in [3.63, 3.8) is 0 Å². The summed E-state index contributed by atoms with van der Waals surface area (Å²) in [6.07, 6.45) is -3.85. The maximum absolute atomic E-state index is 16.7. The SMILES string of the molecule is CC1(C)Cc2nc(C3CCCC3)c(C(F)c3ccc(F)c(C(F)(F)F)c3)c(-c3ccc(F)cc3)c2C(O)C1. The summed E-state index contributed by atoms with van der Waals surface area (Å²) in [6, 6.07) is 7.57. The zero-order chi connectivity index (χ0) is 27.4. The van der Waals surface area contributed by atoms with Crippen molar-refractivity contribution in [3.05, 3.63) is 87.7 Å².